The lowest BCUT2D eigenvalue weighted by Crippen LogP contribution is -2.17. The number of halogens is 3. The zero-order chi connectivity index (χ0) is 20.0. The van der Waals surface area contributed by atoms with Crippen molar-refractivity contribution in [1.29, 1.82) is 0 Å². The zero-order valence-electron chi connectivity index (χ0n) is 14.1. The average molecular weight is 420 g/mol. The number of alkyl halides is 2. The zero-order valence-corrected chi connectivity index (χ0v) is 15.7. The number of hydrogen-bond donors (Lipinski definition) is 1. The van der Waals surface area contributed by atoms with Crippen molar-refractivity contribution in [2.45, 2.75) is 17.9 Å². The van der Waals surface area contributed by atoms with Gasteiger partial charge in [0.25, 0.3) is 0 Å². The number of methoxy groups -OCH3 is 1. The number of nitrogens with one attached hydrogen (secondary N) is 1. The number of amides is 1. The molecule has 0 bridgehead atoms. The van der Waals surface area contributed by atoms with Crippen LogP contribution in [0.4, 0.5) is 14.5 Å². The molecule has 27 heavy (non-hydrogen) atoms. The Kier molecular flexibility index (Phi) is 6.98. The van der Waals surface area contributed by atoms with E-state index in [4.69, 9.17) is 16.3 Å². The SMILES string of the molecule is COc1ccc(NC(=O)CCS(=O)(=O)c2ccc(Cl)cc2)cc1OC(F)F. The van der Waals surface area contributed by atoms with Gasteiger partial charge in [-0.25, -0.2) is 8.42 Å². The fourth-order valence-corrected chi connectivity index (χ4v) is 3.52. The molecule has 1 amide bonds. The Morgan fingerprint density at radius 2 is 1.81 bits per heavy atom. The van der Waals surface area contributed by atoms with Crippen LogP contribution >= 0.6 is 11.6 Å². The Hall–Kier alpha value is -2.39. The fraction of sp³-hybridized carbons (Fsp3) is 0.235. The third kappa shape index (κ3) is 6.07. The smallest absolute Gasteiger partial charge is 0.387 e. The van der Waals surface area contributed by atoms with E-state index in [9.17, 15) is 22.0 Å². The van der Waals surface area contributed by atoms with Crippen molar-refractivity contribution in [3.05, 3.63) is 47.5 Å². The van der Waals surface area contributed by atoms with Crippen molar-refractivity contribution in [3.8, 4) is 11.5 Å². The van der Waals surface area contributed by atoms with E-state index in [-0.39, 0.29) is 28.5 Å². The lowest BCUT2D eigenvalue weighted by atomic mass is 10.2. The van der Waals surface area contributed by atoms with Gasteiger partial charge < -0.3 is 14.8 Å². The molecule has 0 fully saturated rings. The van der Waals surface area contributed by atoms with Gasteiger partial charge in [-0.1, -0.05) is 11.6 Å². The molecule has 0 aliphatic heterocycles. The quantitative estimate of drug-likeness (QED) is 0.704. The predicted octanol–water partition coefficient (Wildman–Crippen LogP) is 3.75. The van der Waals surface area contributed by atoms with Crippen LogP contribution in [-0.4, -0.2) is 33.8 Å². The number of anilines is 1. The van der Waals surface area contributed by atoms with Crippen molar-refractivity contribution in [1.82, 2.24) is 0 Å². The maximum absolute atomic E-state index is 12.4. The maximum atomic E-state index is 12.4. The average Bonchev–Trinajstić information content (AvgIpc) is 2.60. The first-order valence-electron chi connectivity index (χ1n) is 7.62. The second-order valence-electron chi connectivity index (χ2n) is 5.32. The van der Waals surface area contributed by atoms with Crippen LogP contribution in [0.1, 0.15) is 6.42 Å². The van der Waals surface area contributed by atoms with Crippen LogP contribution in [0.15, 0.2) is 47.4 Å². The summed E-state index contributed by atoms with van der Waals surface area (Å²) in [6.07, 6.45) is -0.317. The standard InChI is InChI=1S/C17H16ClF2NO5S/c1-25-14-7-4-12(10-15(14)26-17(19)20)21-16(22)8-9-27(23,24)13-5-2-11(18)3-6-13/h2-7,10,17H,8-9H2,1H3,(H,21,22). The molecule has 2 rings (SSSR count). The van der Waals surface area contributed by atoms with Crippen LogP contribution in [0.5, 0.6) is 11.5 Å². The van der Waals surface area contributed by atoms with E-state index in [2.05, 4.69) is 10.1 Å². The van der Waals surface area contributed by atoms with Crippen LogP contribution < -0.4 is 14.8 Å². The van der Waals surface area contributed by atoms with Gasteiger partial charge in [0.2, 0.25) is 5.91 Å². The van der Waals surface area contributed by atoms with Crippen molar-refractivity contribution in [3.63, 3.8) is 0 Å². The van der Waals surface area contributed by atoms with Gasteiger partial charge in [-0.15, -0.1) is 0 Å². The van der Waals surface area contributed by atoms with Gasteiger partial charge in [0, 0.05) is 23.2 Å². The highest BCUT2D eigenvalue weighted by molar-refractivity contribution is 7.91. The number of ether oxygens (including phenoxy) is 2. The molecule has 0 unspecified atom stereocenters. The minimum Gasteiger partial charge on any atom is -0.493 e. The number of carbonyl (C=O) groups excluding carboxylic acids is 1. The summed E-state index contributed by atoms with van der Waals surface area (Å²) in [6.45, 7) is -3.06. The number of sulfone groups is 1. The second-order valence-corrected chi connectivity index (χ2v) is 7.86. The second kappa shape index (κ2) is 9.01. The van der Waals surface area contributed by atoms with E-state index in [0.717, 1.165) is 6.07 Å². The first kappa shape index (κ1) is 20.9. The summed E-state index contributed by atoms with van der Waals surface area (Å²) in [4.78, 5) is 12.1. The van der Waals surface area contributed by atoms with Crippen molar-refractivity contribution in [2.24, 2.45) is 0 Å². The van der Waals surface area contributed by atoms with Gasteiger partial charge >= 0.3 is 6.61 Å². The maximum Gasteiger partial charge on any atom is 0.387 e. The largest absolute Gasteiger partial charge is 0.493 e. The molecule has 0 radical (unpaired) electrons. The van der Waals surface area contributed by atoms with Gasteiger partial charge in [0.1, 0.15) is 0 Å². The summed E-state index contributed by atoms with van der Waals surface area (Å²) in [5.74, 6) is -1.20. The summed E-state index contributed by atoms with van der Waals surface area (Å²) in [5.41, 5.74) is 0.167. The summed E-state index contributed by atoms with van der Waals surface area (Å²) in [5, 5.41) is 2.83. The van der Waals surface area contributed by atoms with Crippen LogP contribution in [0.25, 0.3) is 0 Å². The first-order valence-corrected chi connectivity index (χ1v) is 9.65. The van der Waals surface area contributed by atoms with E-state index in [1.54, 1.807) is 0 Å². The van der Waals surface area contributed by atoms with Gasteiger partial charge in [-0.2, -0.15) is 8.78 Å². The molecule has 146 valence electrons. The minimum atomic E-state index is -3.66. The van der Waals surface area contributed by atoms with E-state index < -0.39 is 28.1 Å². The molecular weight excluding hydrogens is 404 g/mol. The molecule has 10 heteroatoms. The highest BCUT2D eigenvalue weighted by atomic mass is 35.5. The summed E-state index contributed by atoms with van der Waals surface area (Å²) in [7, 11) is -2.38. The number of carbonyl (C=O) groups is 1. The third-order valence-electron chi connectivity index (χ3n) is 3.43. The van der Waals surface area contributed by atoms with Crippen LogP contribution in [0.3, 0.4) is 0 Å². The highest BCUT2D eigenvalue weighted by Crippen LogP contribution is 2.31. The van der Waals surface area contributed by atoms with Crippen molar-refractivity contribution < 1.29 is 31.5 Å². The molecule has 0 atom stereocenters. The summed E-state index contributed by atoms with van der Waals surface area (Å²) < 4.78 is 58.5. The highest BCUT2D eigenvalue weighted by Gasteiger charge is 2.17. The minimum absolute atomic E-state index is 0.0526. The van der Waals surface area contributed by atoms with Crippen molar-refractivity contribution >= 4 is 33.0 Å². The Bertz CT molecular complexity index is 904. The van der Waals surface area contributed by atoms with Crippen LogP contribution in [0.2, 0.25) is 5.02 Å². The molecule has 6 nitrogen and oxygen atoms in total. The lowest BCUT2D eigenvalue weighted by molar-refractivity contribution is -0.115. The van der Waals surface area contributed by atoms with Gasteiger partial charge in [0.05, 0.1) is 17.8 Å². The molecule has 0 saturated carbocycles. The Balaban J connectivity index is 2.02. The Morgan fingerprint density at radius 1 is 1.15 bits per heavy atom. The summed E-state index contributed by atoms with van der Waals surface area (Å²) in [6, 6.07) is 9.52. The molecular formula is C17H16ClF2NO5S. The van der Waals surface area contributed by atoms with Gasteiger partial charge in [-0.05, 0) is 36.4 Å². The fourth-order valence-electron chi connectivity index (χ4n) is 2.15. The topological polar surface area (TPSA) is 81.7 Å². The van der Waals surface area contributed by atoms with Gasteiger partial charge in [-0.3, -0.25) is 4.79 Å². The Labute approximate surface area is 160 Å². The molecule has 2 aromatic carbocycles. The third-order valence-corrected chi connectivity index (χ3v) is 5.42. The first-order chi connectivity index (χ1) is 12.7. The van der Waals surface area contributed by atoms with E-state index in [1.807, 2.05) is 0 Å². The molecule has 0 heterocycles. The number of benzene rings is 2. The molecule has 1 N–H and O–H groups in total. The van der Waals surface area contributed by atoms with E-state index >= 15 is 0 Å². The van der Waals surface area contributed by atoms with Crippen LogP contribution in [0, 0.1) is 0 Å². The molecule has 0 spiro atoms. The van der Waals surface area contributed by atoms with Gasteiger partial charge in [0.15, 0.2) is 21.3 Å². The van der Waals surface area contributed by atoms with E-state index in [1.165, 1.54) is 43.5 Å². The molecule has 2 aromatic rings. The molecule has 0 aromatic heterocycles. The lowest BCUT2D eigenvalue weighted by Gasteiger charge is -2.12. The predicted molar refractivity (Wildman–Crippen MR) is 96.4 cm³/mol. The molecule has 0 aliphatic carbocycles. The number of rotatable bonds is 8. The summed E-state index contributed by atoms with van der Waals surface area (Å²) >= 11 is 5.72. The van der Waals surface area contributed by atoms with E-state index in [0.29, 0.717) is 5.02 Å². The van der Waals surface area contributed by atoms with Crippen molar-refractivity contribution in [2.75, 3.05) is 18.2 Å². The normalized spacial score (nSPS) is 11.3. The van der Waals surface area contributed by atoms with Crippen LogP contribution in [-0.2, 0) is 14.6 Å². The molecule has 0 aliphatic rings. The molecule has 0 saturated heterocycles. The monoisotopic (exact) mass is 419 g/mol. The number of hydrogen-bond acceptors (Lipinski definition) is 5. The Morgan fingerprint density at radius 3 is 2.41 bits per heavy atom.